The normalized spacial score (nSPS) is 14.1. The monoisotopic (exact) mass is 468 g/mol. The summed E-state index contributed by atoms with van der Waals surface area (Å²) in [5, 5.41) is 12.4. The van der Waals surface area contributed by atoms with Crippen molar-refractivity contribution in [3.63, 3.8) is 0 Å². The zero-order valence-corrected chi connectivity index (χ0v) is 19.9. The van der Waals surface area contributed by atoms with Crippen molar-refractivity contribution in [3.8, 4) is 0 Å². The Morgan fingerprint density at radius 3 is 2.34 bits per heavy atom. The maximum atomic E-state index is 13.6. The molecule has 1 aliphatic rings. The number of nitrogens with zero attached hydrogens (tertiary/aromatic N) is 1. The van der Waals surface area contributed by atoms with Gasteiger partial charge in [0.1, 0.15) is 0 Å². The van der Waals surface area contributed by atoms with Crippen molar-refractivity contribution in [1.82, 2.24) is 0 Å². The van der Waals surface area contributed by atoms with Crippen LogP contribution in [0.25, 0.3) is 6.08 Å². The fraction of sp³-hybridized carbons (Fsp3) is 0.267. The van der Waals surface area contributed by atoms with Crippen molar-refractivity contribution in [2.24, 2.45) is 5.92 Å². The van der Waals surface area contributed by atoms with Crippen molar-refractivity contribution in [2.45, 2.75) is 45.2 Å². The zero-order valence-electron chi connectivity index (χ0n) is 19.9. The van der Waals surface area contributed by atoms with Gasteiger partial charge in [0.05, 0.1) is 6.54 Å². The van der Waals surface area contributed by atoms with E-state index in [1.165, 1.54) is 12.0 Å². The van der Waals surface area contributed by atoms with Crippen molar-refractivity contribution in [2.75, 3.05) is 10.2 Å². The molecule has 4 rings (SSSR count). The average Bonchev–Trinajstić information content (AvgIpc) is 2.91. The second-order valence-corrected chi connectivity index (χ2v) is 9.06. The predicted octanol–water partition coefficient (Wildman–Crippen LogP) is 6.51. The van der Waals surface area contributed by atoms with Gasteiger partial charge < -0.3 is 15.3 Å². The van der Waals surface area contributed by atoms with Crippen molar-refractivity contribution in [3.05, 3.63) is 102 Å². The molecule has 2 N–H and O–H groups in total. The Kier molecular flexibility index (Phi) is 8.34. The fourth-order valence-electron chi connectivity index (χ4n) is 4.54. The van der Waals surface area contributed by atoms with Crippen molar-refractivity contribution >= 4 is 29.3 Å². The lowest BCUT2D eigenvalue weighted by molar-refractivity contribution is -0.131. The number of anilines is 2. The molecule has 3 aromatic carbocycles. The van der Waals surface area contributed by atoms with Crippen LogP contribution < -0.4 is 10.2 Å². The highest BCUT2D eigenvalue weighted by Gasteiger charge is 2.27. The number of carboxylic acids is 1. The largest absolute Gasteiger partial charge is 0.478 e. The molecule has 5 heteroatoms. The minimum Gasteiger partial charge on any atom is -0.478 e. The number of aliphatic carboxylic acids is 1. The van der Waals surface area contributed by atoms with E-state index in [9.17, 15) is 9.59 Å². The van der Waals surface area contributed by atoms with E-state index in [2.05, 4.69) is 29.6 Å². The Morgan fingerprint density at radius 1 is 0.886 bits per heavy atom. The molecule has 0 unspecified atom stereocenters. The molecule has 1 saturated carbocycles. The number of carbonyl (C=O) groups is 2. The van der Waals surface area contributed by atoms with Crippen LogP contribution in [-0.2, 0) is 22.7 Å². The first-order chi connectivity index (χ1) is 17.1. The molecule has 0 aromatic heterocycles. The summed E-state index contributed by atoms with van der Waals surface area (Å²) >= 11 is 0. The average molecular weight is 469 g/mol. The lowest BCUT2D eigenvalue weighted by atomic mass is 9.88. The van der Waals surface area contributed by atoms with E-state index in [1.807, 2.05) is 59.5 Å². The molecule has 0 spiro atoms. The fourth-order valence-corrected chi connectivity index (χ4v) is 4.54. The van der Waals surface area contributed by atoms with E-state index in [4.69, 9.17) is 5.11 Å². The Labute approximate surface area is 207 Å². The van der Waals surface area contributed by atoms with Crippen LogP contribution in [0.3, 0.4) is 0 Å². The molecule has 1 amide bonds. The zero-order chi connectivity index (χ0) is 24.5. The minimum absolute atomic E-state index is 0.0359. The Hall–Kier alpha value is -3.86. The van der Waals surface area contributed by atoms with Crippen LogP contribution in [0.2, 0.25) is 0 Å². The number of amides is 1. The van der Waals surface area contributed by atoms with Gasteiger partial charge in [0, 0.05) is 29.9 Å². The maximum absolute atomic E-state index is 13.6. The summed E-state index contributed by atoms with van der Waals surface area (Å²) < 4.78 is 0. The molecule has 1 fully saturated rings. The van der Waals surface area contributed by atoms with E-state index in [0.29, 0.717) is 6.54 Å². The predicted molar refractivity (Wildman–Crippen MR) is 141 cm³/mol. The third kappa shape index (κ3) is 7.06. The van der Waals surface area contributed by atoms with Gasteiger partial charge in [-0.05, 0) is 59.9 Å². The van der Waals surface area contributed by atoms with Crippen LogP contribution in [0.4, 0.5) is 11.4 Å². The first-order valence-electron chi connectivity index (χ1n) is 12.3. The molecule has 0 atom stereocenters. The third-order valence-electron chi connectivity index (χ3n) is 6.45. The number of rotatable bonds is 9. The standard InChI is InChI=1S/C30H32N2O3/c33-29(34)19-16-23-10-7-13-28(20-23)32(30(35)26-11-5-2-6-12-26)22-25-14-17-27(18-15-25)31-21-24-8-3-1-4-9-24/h1,3-4,7-10,13-20,26,31H,2,5-6,11-12,21-22H2,(H,33,34). The van der Waals surface area contributed by atoms with E-state index >= 15 is 0 Å². The maximum Gasteiger partial charge on any atom is 0.328 e. The SMILES string of the molecule is O=C(O)C=Cc1cccc(N(Cc2ccc(NCc3ccccc3)cc2)C(=O)C2CCCCC2)c1. The van der Waals surface area contributed by atoms with Gasteiger partial charge in [-0.15, -0.1) is 0 Å². The van der Waals surface area contributed by atoms with Gasteiger partial charge in [0.25, 0.3) is 0 Å². The summed E-state index contributed by atoms with van der Waals surface area (Å²) in [5.74, 6) is -0.810. The minimum atomic E-state index is -0.994. The van der Waals surface area contributed by atoms with Crippen LogP contribution in [0, 0.1) is 5.92 Å². The highest BCUT2D eigenvalue weighted by molar-refractivity contribution is 5.95. The highest BCUT2D eigenvalue weighted by atomic mass is 16.4. The van der Waals surface area contributed by atoms with Crippen LogP contribution in [0.5, 0.6) is 0 Å². The van der Waals surface area contributed by atoms with Gasteiger partial charge in [0.15, 0.2) is 0 Å². The quantitative estimate of drug-likeness (QED) is 0.351. The molecule has 1 aliphatic carbocycles. The molecule has 180 valence electrons. The summed E-state index contributed by atoms with van der Waals surface area (Å²) in [6.07, 6.45) is 7.90. The number of benzene rings is 3. The van der Waals surface area contributed by atoms with Crippen LogP contribution in [0.15, 0.2) is 84.9 Å². The number of hydrogen-bond acceptors (Lipinski definition) is 3. The van der Waals surface area contributed by atoms with Crippen molar-refractivity contribution < 1.29 is 14.7 Å². The molecular formula is C30H32N2O3. The summed E-state index contributed by atoms with van der Waals surface area (Å²) in [6.45, 7) is 1.23. The van der Waals surface area contributed by atoms with E-state index in [0.717, 1.165) is 60.8 Å². The first-order valence-corrected chi connectivity index (χ1v) is 12.3. The van der Waals surface area contributed by atoms with Crippen LogP contribution in [-0.4, -0.2) is 17.0 Å². The molecular weight excluding hydrogens is 436 g/mol. The molecule has 0 saturated heterocycles. The highest BCUT2D eigenvalue weighted by Crippen LogP contribution is 2.29. The summed E-state index contributed by atoms with van der Waals surface area (Å²) in [4.78, 5) is 26.4. The topological polar surface area (TPSA) is 69.6 Å². The lowest BCUT2D eigenvalue weighted by Gasteiger charge is -2.30. The summed E-state index contributed by atoms with van der Waals surface area (Å²) in [5.41, 5.74) is 4.85. The summed E-state index contributed by atoms with van der Waals surface area (Å²) in [6, 6.07) is 26.0. The summed E-state index contributed by atoms with van der Waals surface area (Å²) in [7, 11) is 0. The van der Waals surface area contributed by atoms with Gasteiger partial charge in [-0.1, -0.05) is 73.9 Å². The molecule has 5 nitrogen and oxygen atoms in total. The number of carbonyl (C=O) groups excluding carboxylic acids is 1. The smallest absolute Gasteiger partial charge is 0.328 e. The van der Waals surface area contributed by atoms with Crippen LogP contribution in [0.1, 0.15) is 48.8 Å². The molecule has 0 aliphatic heterocycles. The number of nitrogens with one attached hydrogen (secondary N) is 1. The third-order valence-corrected chi connectivity index (χ3v) is 6.45. The molecule has 35 heavy (non-hydrogen) atoms. The number of hydrogen-bond donors (Lipinski definition) is 2. The Balaban J connectivity index is 1.52. The van der Waals surface area contributed by atoms with Crippen LogP contribution >= 0.6 is 0 Å². The van der Waals surface area contributed by atoms with E-state index < -0.39 is 5.97 Å². The van der Waals surface area contributed by atoms with Gasteiger partial charge in [-0.2, -0.15) is 0 Å². The lowest BCUT2D eigenvalue weighted by Crippen LogP contribution is -2.36. The van der Waals surface area contributed by atoms with Gasteiger partial charge in [-0.3, -0.25) is 4.79 Å². The van der Waals surface area contributed by atoms with Gasteiger partial charge >= 0.3 is 5.97 Å². The van der Waals surface area contributed by atoms with Gasteiger partial charge in [-0.25, -0.2) is 4.79 Å². The van der Waals surface area contributed by atoms with Crippen molar-refractivity contribution in [1.29, 1.82) is 0 Å². The molecule has 0 heterocycles. The Bertz CT molecular complexity index is 1150. The molecule has 0 radical (unpaired) electrons. The molecule has 0 bridgehead atoms. The van der Waals surface area contributed by atoms with Gasteiger partial charge in [0.2, 0.25) is 5.91 Å². The first kappa shape index (κ1) is 24.3. The second kappa shape index (κ2) is 12.0. The van der Waals surface area contributed by atoms with E-state index in [-0.39, 0.29) is 11.8 Å². The second-order valence-electron chi connectivity index (χ2n) is 9.06. The number of carboxylic acid groups (broad SMARTS) is 1. The molecule has 3 aromatic rings. The van der Waals surface area contributed by atoms with E-state index in [1.54, 1.807) is 6.08 Å². The Morgan fingerprint density at radius 2 is 1.63 bits per heavy atom.